The number of benzene rings is 1. The molecule has 2 atom stereocenters. The van der Waals surface area contributed by atoms with Crippen LogP contribution in [0.1, 0.15) is 52.5 Å². The molecule has 0 radical (unpaired) electrons. The largest absolute Gasteiger partial charge is 0.481 e. The first-order valence-corrected chi connectivity index (χ1v) is 9.41. The fourth-order valence-corrected chi connectivity index (χ4v) is 3.38. The van der Waals surface area contributed by atoms with E-state index in [2.05, 4.69) is 5.32 Å². The smallest absolute Gasteiger partial charge is 0.315 e. The summed E-state index contributed by atoms with van der Waals surface area (Å²) >= 11 is 0. The third-order valence-corrected chi connectivity index (χ3v) is 5.06. The molecular weight excluding hydrogens is 344 g/mol. The molecular formula is C21H30N2O4. The Morgan fingerprint density at radius 2 is 1.78 bits per heavy atom. The standard InChI is InChI=1S/C21H30N2O4/c1-20(2,3)13-17(24)23-12-8-11-16(23)18(25)22-14-21(4,19(26)27)15-9-6-5-7-10-15/h5-7,9-10,16H,8,11-14H2,1-4H3,(H,22,25)(H,26,27). The van der Waals surface area contributed by atoms with Crippen molar-refractivity contribution < 1.29 is 19.5 Å². The maximum Gasteiger partial charge on any atom is 0.315 e. The molecule has 6 nitrogen and oxygen atoms in total. The average Bonchev–Trinajstić information content (AvgIpc) is 3.08. The van der Waals surface area contributed by atoms with Crippen LogP contribution in [-0.2, 0) is 19.8 Å². The number of likely N-dealkylation sites (tertiary alicyclic amines) is 1. The van der Waals surface area contributed by atoms with Crippen LogP contribution >= 0.6 is 0 Å². The first-order valence-electron chi connectivity index (χ1n) is 9.41. The Hall–Kier alpha value is -2.37. The molecule has 1 heterocycles. The van der Waals surface area contributed by atoms with Gasteiger partial charge in [-0.25, -0.2) is 0 Å². The summed E-state index contributed by atoms with van der Waals surface area (Å²) in [6.45, 7) is 8.13. The molecule has 0 spiro atoms. The van der Waals surface area contributed by atoms with Gasteiger partial charge in [-0.1, -0.05) is 51.1 Å². The molecule has 2 N–H and O–H groups in total. The minimum absolute atomic E-state index is 0.0239. The number of carboxylic acids is 1. The molecule has 0 aromatic heterocycles. The van der Waals surface area contributed by atoms with Gasteiger partial charge in [0.15, 0.2) is 0 Å². The molecule has 2 amide bonds. The number of amides is 2. The molecule has 148 valence electrons. The lowest BCUT2D eigenvalue weighted by Crippen LogP contribution is -2.51. The molecule has 0 bridgehead atoms. The summed E-state index contributed by atoms with van der Waals surface area (Å²) in [5.41, 5.74) is -0.740. The van der Waals surface area contributed by atoms with E-state index < -0.39 is 17.4 Å². The molecule has 1 fully saturated rings. The maximum atomic E-state index is 12.7. The molecule has 1 aromatic carbocycles. The van der Waals surface area contributed by atoms with Crippen LogP contribution < -0.4 is 5.32 Å². The summed E-state index contributed by atoms with van der Waals surface area (Å²) in [5.74, 6) is -1.30. The van der Waals surface area contributed by atoms with Gasteiger partial charge >= 0.3 is 5.97 Å². The molecule has 2 unspecified atom stereocenters. The Morgan fingerprint density at radius 3 is 2.33 bits per heavy atom. The van der Waals surface area contributed by atoms with E-state index in [0.717, 1.165) is 6.42 Å². The van der Waals surface area contributed by atoms with Crippen LogP contribution in [-0.4, -0.2) is 46.9 Å². The Labute approximate surface area is 160 Å². The topological polar surface area (TPSA) is 86.7 Å². The lowest BCUT2D eigenvalue weighted by Gasteiger charge is -2.30. The lowest BCUT2D eigenvalue weighted by atomic mass is 9.82. The summed E-state index contributed by atoms with van der Waals surface area (Å²) in [6.07, 6.45) is 1.77. The number of hydrogen-bond donors (Lipinski definition) is 2. The van der Waals surface area contributed by atoms with E-state index in [0.29, 0.717) is 24.9 Å². The highest BCUT2D eigenvalue weighted by Crippen LogP contribution is 2.26. The number of nitrogens with one attached hydrogen (secondary N) is 1. The van der Waals surface area contributed by atoms with Crippen molar-refractivity contribution in [2.45, 2.75) is 58.4 Å². The van der Waals surface area contributed by atoms with Crippen molar-refractivity contribution in [3.63, 3.8) is 0 Å². The predicted molar refractivity (Wildman–Crippen MR) is 103 cm³/mol. The number of carboxylic acid groups (broad SMARTS) is 1. The number of rotatable bonds is 6. The van der Waals surface area contributed by atoms with Gasteiger partial charge in [-0.2, -0.15) is 0 Å². The van der Waals surface area contributed by atoms with Crippen LogP contribution in [0.4, 0.5) is 0 Å². The van der Waals surface area contributed by atoms with Crippen molar-refractivity contribution in [1.29, 1.82) is 0 Å². The van der Waals surface area contributed by atoms with E-state index >= 15 is 0 Å². The number of carbonyl (C=O) groups is 3. The Bertz CT molecular complexity index is 696. The molecule has 1 aliphatic heterocycles. The third-order valence-electron chi connectivity index (χ3n) is 5.06. The zero-order valence-corrected chi connectivity index (χ0v) is 16.6. The van der Waals surface area contributed by atoms with Crippen LogP contribution in [0.15, 0.2) is 30.3 Å². The number of aliphatic carboxylic acids is 1. The molecule has 6 heteroatoms. The van der Waals surface area contributed by atoms with E-state index in [4.69, 9.17) is 0 Å². The van der Waals surface area contributed by atoms with Gasteiger partial charge in [0, 0.05) is 19.5 Å². The second kappa shape index (κ2) is 8.11. The van der Waals surface area contributed by atoms with Crippen LogP contribution in [0.3, 0.4) is 0 Å². The fourth-order valence-electron chi connectivity index (χ4n) is 3.38. The second-order valence-corrected chi connectivity index (χ2v) is 8.70. The number of hydrogen-bond acceptors (Lipinski definition) is 3. The van der Waals surface area contributed by atoms with Crippen LogP contribution in [0, 0.1) is 5.41 Å². The first-order chi connectivity index (χ1) is 12.5. The molecule has 0 aliphatic carbocycles. The summed E-state index contributed by atoms with van der Waals surface area (Å²) in [4.78, 5) is 38.8. The van der Waals surface area contributed by atoms with Gasteiger partial charge in [-0.05, 0) is 30.7 Å². The Kier molecular flexibility index (Phi) is 6.29. The lowest BCUT2D eigenvalue weighted by molar-refractivity contribution is -0.144. The van der Waals surface area contributed by atoms with E-state index in [1.807, 2.05) is 26.8 Å². The van der Waals surface area contributed by atoms with Gasteiger partial charge < -0.3 is 15.3 Å². The van der Waals surface area contributed by atoms with Gasteiger partial charge in [-0.3, -0.25) is 14.4 Å². The fraction of sp³-hybridized carbons (Fsp3) is 0.571. The Morgan fingerprint density at radius 1 is 1.15 bits per heavy atom. The van der Waals surface area contributed by atoms with Crippen molar-refractivity contribution >= 4 is 17.8 Å². The van der Waals surface area contributed by atoms with Crippen molar-refractivity contribution in [3.05, 3.63) is 35.9 Å². The van der Waals surface area contributed by atoms with E-state index in [1.54, 1.807) is 36.1 Å². The first kappa shape index (κ1) is 20.9. The number of nitrogens with zero attached hydrogens (tertiary/aromatic N) is 1. The summed E-state index contributed by atoms with van der Waals surface area (Å²) in [6, 6.07) is 8.35. The van der Waals surface area contributed by atoms with Gasteiger partial charge in [0.1, 0.15) is 11.5 Å². The average molecular weight is 374 g/mol. The second-order valence-electron chi connectivity index (χ2n) is 8.70. The van der Waals surface area contributed by atoms with Crippen LogP contribution in [0.2, 0.25) is 0 Å². The molecule has 0 saturated carbocycles. The van der Waals surface area contributed by atoms with Gasteiger partial charge in [0.25, 0.3) is 0 Å². The van der Waals surface area contributed by atoms with Crippen LogP contribution in [0.25, 0.3) is 0 Å². The summed E-state index contributed by atoms with van der Waals surface area (Å²) < 4.78 is 0. The highest BCUT2D eigenvalue weighted by atomic mass is 16.4. The summed E-state index contributed by atoms with van der Waals surface area (Å²) in [7, 11) is 0. The summed E-state index contributed by atoms with van der Waals surface area (Å²) in [5, 5.41) is 12.5. The third kappa shape index (κ3) is 5.08. The van der Waals surface area contributed by atoms with Crippen molar-refractivity contribution in [1.82, 2.24) is 10.2 Å². The van der Waals surface area contributed by atoms with Gasteiger partial charge in [0.2, 0.25) is 11.8 Å². The monoisotopic (exact) mass is 374 g/mol. The van der Waals surface area contributed by atoms with Crippen molar-refractivity contribution in [2.75, 3.05) is 13.1 Å². The van der Waals surface area contributed by atoms with Crippen molar-refractivity contribution in [3.8, 4) is 0 Å². The minimum atomic E-state index is -1.23. The zero-order chi connectivity index (χ0) is 20.2. The highest BCUT2D eigenvalue weighted by molar-refractivity contribution is 5.89. The van der Waals surface area contributed by atoms with Gasteiger partial charge in [0.05, 0.1) is 0 Å². The normalized spacial score (nSPS) is 19.4. The zero-order valence-electron chi connectivity index (χ0n) is 16.6. The maximum absolute atomic E-state index is 12.7. The van der Waals surface area contributed by atoms with Crippen molar-refractivity contribution in [2.24, 2.45) is 5.41 Å². The van der Waals surface area contributed by atoms with E-state index in [9.17, 15) is 19.5 Å². The molecule has 2 rings (SSSR count). The SMILES string of the molecule is CC(C)(C)CC(=O)N1CCCC1C(=O)NCC(C)(C(=O)O)c1ccccc1. The highest BCUT2D eigenvalue weighted by Gasteiger charge is 2.39. The molecule has 1 aliphatic rings. The minimum Gasteiger partial charge on any atom is -0.481 e. The molecule has 1 aromatic rings. The quantitative estimate of drug-likeness (QED) is 0.801. The van der Waals surface area contributed by atoms with E-state index in [-0.39, 0.29) is 23.8 Å². The molecule has 1 saturated heterocycles. The number of carbonyl (C=O) groups excluding carboxylic acids is 2. The Balaban J connectivity index is 2.07. The van der Waals surface area contributed by atoms with E-state index in [1.165, 1.54) is 0 Å². The molecule has 27 heavy (non-hydrogen) atoms. The van der Waals surface area contributed by atoms with Gasteiger partial charge in [-0.15, -0.1) is 0 Å². The van der Waals surface area contributed by atoms with Crippen LogP contribution in [0.5, 0.6) is 0 Å². The predicted octanol–water partition coefficient (Wildman–Crippen LogP) is 2.57.